The Hall–Kier alpha value is -3.48. The van der Waals surface area contributed by atoms with Gasteiger partial charge in [-0.25, -0.2) is 9.59 Å². The highest BCUT2D eigenvalue weighted by molar-refractivity contribution is 5.87. The van der Waals surface area contributed by atoms with E-state index in [4.69, 9.17) is 15.2 Å². The van der Waals surface area contributed by atoms with Gasteiger partial charge in [0.25, 0.3) is 0 Å². The Kier molecular flexibility index (Phi) is 6.84. The first kappa shape index (κ1) is 22.2. The number of nitrogens with zero attached hydrogens (tertiary/aromatic N) is 1. The van der Waals surface area contributed by atoms with E-state index in [-0.39, 0.29) is 12.7 Å². The van der Waals surface area contributed by atoms with E-state index in [1.165, 1.54) is 0 Å². The largest absolute Gasteiger partial charge is 0.444 e. The summed E-state index contributed by atoms with van der Waals surface area (Å²) in [6.07, 6.45) is 1.91. The molecule has 1 aliphatic heterocycles. The van der Waals surface area contributed by atoms with Crippen LogP contribution in [0, 0.1) is 0 Å². The number of hydrogen-bond donors (Lipinski definition) is 2. The van der Waals surface area contributed by atoms with Crippen molar-refractivity contribution in [1.82, 2.24) is 4.90 Å². The summed E-state index contributed by atoms with van der Waals surface area (Å²) in [5.41, 5.74) is 9.45. The molecule has 7 heteroatoms. The number of carbonyl (C=O) groups is 2. The molecule has 0 aromatic heterocycles. The number of nitrogens with two attached hydrogens (primary N) is 1. The number of ether oxygens (including phenoxy) is 2. The molecular weight excluding hydrogens is 394 g/mol. The third kappa shape index (κ3) is 6.50. The maximum atomic E-state index is 12.4. The van der Waals surface area contributed by atoms with E-state index in [1.54, 1.807) is 17.0 Å². The second-order valence-corrected chi connectivity index (χ2v) is 8.41. The molecular formula is C24H29N3O4. The Morgan fingerprint density at radius 2 is 1.87 bits per heavy atom. The fourth-order valence-electron chi connectivity index (χ4n) is 3.23. The predicted molar refractivity (Wildman–Crippen MR) is 122 cm³/mol. The zero-order chi connectivity index (χ0) is 22.4. The highest BCUT2D eigenvalue weighted by Gasteiger charge is 2.25. The van der Waals surface area contributed by atoms with E-state index in [0.29, 0.717) is 24.5 Å². The number of nitrogen functional groups attached to an aromatic ring is 1. The van der Waals surface area contributed by atoms with Crippen LogP contribution in [0.25, 0.3) is 5.57 Å². The molecule has 2 aromatic rings. The number of nitrogens with one attached hydrogen (secondary N) is 1. The van der Waals surface area contributed by atoms with Gasteiger partial charge >= 0.3 is 12.2 Å². The molecule has 31 heavy (non-hydrogen) atoms. The van der Waals surface area contributed by atoms with Crippen molar-refractivity contribution in [1.29, 1.82) is 0 Å². The van der Waals surface area contributed by atoms with E-state index in [0.717, 1.165) is 23.1 Å². The van der Waals surface area contributed by atoms with Gasteiger partial charge in [0.2, 0.25) is 0 Å². The molecule has 0 saturated carbocycles. The Morgan fingerprint density at radius 1 is 1.13 bits per heavy atom. The van der Waals surface area contributed by atoms with E-state index in [1.807, 2.05) is 57.2 Å². The minimum absolute atomic E-state index is 0.188. The summed E-state index contributed by atoms with van der Waals surface area (Å²) in [7, 11) is 0. The molecule has 0 aliphatic carbocycles. The van der Waals surface area contributed by atoms with Crippen molar-refractivity contribution >= 4 is 29.1 Å². The van der Waals surface area contributed by atoms with Crippen LogP contribution in [0.3, 0.4) is 0 Å². The van der Waals surface area contributed by atoms with Crippen LogP contribution in [-0.4, -0.2) is 35.8 Å². The second-order valence-electron chi connectivity index (χ2n) is 8.41. The van der Waals surface area contributed by atoms with Crippen LogP contribution in [0.5, 0.6) is 0 Å². The van der Waals surface area contributed by atoms with Gasteiger partial charge in [0.1, 0.15) is 12.2 Å². The van der Waals surface area contributed by atoms with Crippen LogP contribution in [-0.2, 0) is 16.1 Å². The molecule has 0 radical (unpaired) electrons. The minimum atomic E-state index is -0.552. The lowest BCUT2D eigenvalue weighted by Crippen LogP contribution is -2.39. The molecule has 3 N–H and O–H groups in total. The number of hydrogen-bond acceptors (Lipinski definition) is 5. The molecule has 3 rings (SSSR count). The predicted octanol–water partition coefficient (Wildman–Crippen LogP) is 5.04. The van der Waals surface area contributed by atoms with Gasteiger partial charge in [0.15, 0.2) is 0 Å². The quantitative estimate of drug-likeness (QED) is 0.672. The van der Waals surface area contributed by atoms with Crippen molar-refractivity contribution in [2.45, 2.75) is 39.4 Å². The molecule has 164 valence electrons. The molecule has 0 fully saturated rings. The molecule has 2 amide bonds. The summed E-state index contributed by atoms with van der Waals surface area (Å²) < 4.78 is 10.7. The lowest BCUT2D eigenvalue weighted by atomic mass is 9.99. The van der Waals surface area contributed by atoms with Crippen molar-refractivity contribution in [2.24, 2.45) is 0 Å². The first-order valence-electron chi connectivity index (χ1n) is 10.3. The number of anilines is 2. The lowest BCUT2D eigenvalue weighted by molar-refractivity contribution is 0.0273. The first-order chi connectivity index (χ1) is 14.7. The number of amides is 2. The molecule has 0 atom stereocenters. The molecule has 0 bridgehead atoms. The van der Waals surface area contributed by atoms with Gasteiger partial charge in [-0.3, -0.25) is 5.32 Å². The van der Waals surface area contributed by atoms with Crippen molar-refractivity contribution in [3.05, 3.63) is 65.7 Å². The van der Waals surface area contributed by atoms with Crippen molar-refractivity contribution in [3.63, 3.8) is 0 Å². The fourth-order valence-corrected chi connectivity index (χ4v) is 3.23. The normalized spacial score (nSPS) is 13.9. The Bertz CT molecular complexity index is 965. The molecule has 0 saturated heterocycles. The molecule has 1 aliphatic rings. The summed E-state index contributed by atoms with van der Waals surface area (Å²) >= 11 is 0. The zero-order valence-corrected chi connectivity index (χ0v) is 18.2. The summed E-state index contributed by atoms with van der Waals surface area (Å²) in [5.74, 6) is 0. The first-order valence-corrected chi connectivity index (χ1v) is 10.3. The van der Waals surface area contributed by atoms with Crippen molar-refractivity contribution < 1.29 is 19.1 Å². The van der Waals surface area contributed by atoms with Crippen molar-refractivity contribution in [3.8, 4) is 0 Å². The number of benzene rings is 2. The Morgan fingerprint density at radius 3 is 2.55 bits per heavy atom. The molecule has 0 unspecified atom stereocenters. The van der Waals surface area contributed by atoms with E-state index >= 15 is 0 Å². The monoisotopic (exact) mass is 423 g/mol. The molecule has 7 nitrogen and oxygen atoms in total. The van der Waals surface area contributed by atoms with Gasteiger partial charge < -0.3 is 20.1 Å². The summed E-state index contributed by atoms with van der Waals surface area (Å²) in [6.45, 7) is 6.75. The van der Waals surface area contributed by atoms with Crippen LogP contribution in [0.2, 0.25) is 0 Å². The summed E-state index contributed by atoms with van der Waals surface area (Å²) in [6, 6.07) is 14.8. The van der Waals surface area contributed by atoms with Crippen LogP contribution in [0.15, 0.2) is 54.6 Å². The second kappa shape index (κ2) is 9.55. The minimum Gasteiger partial charge on any atom is -0.444 e. The fraction of sp³-hybridized carbons (Fsp3) is 0.333. The third-order valence-corrected chi connectivity index (χ3v) is 4.66. The van der Waals surface area contributed by atoms with E-state index < -0.39 is 11.7 Å². The van der Waals surface area contributed by atoms with Crippen LogP contribution in [0.1, 0.15) is 38.3 Å². The highest BCUT2D eigenvalue weighted by atomic mass is 16.6. The van der Waals surface area contributed by atoms with Gasteiger partial charge in [-0.2, -0.15) is 0 Å². The lowest BCUT2D eigenvalue weighted by Gasteiger charge is -2.30. The molecule has 2 aromatic carbocycles. The third-order valence-electron chi connectivity index (χ3n) is 4.66. The zero-order valence-electron chi connectivity index (χ0n) is 18.2. The maximum Gasteiger partial charge on any atom is 0.411 e. The van der Waals surface area contributed by atoms with E-state index in [2.05, 4.69) is 11.4 Å². The smallest absolute Gasteiger partial charge is 0.411 e. The van der Waals surface area contributed by atoms with E-state index in [9.17, 15) is 9.59 Å². The standard InChI is InChI=1S/C24H29N3O4/c1-24(2,3)31-23(29)27-13-7-10-18(15-27)20-12-11-19(14-21(20)25)26-22(28)30-16-17-8-5-4-6-9-17/h4-6,8-12,14H,7,13,15-16,25H2,1-3H3,(H,26,28). The molecule has 1 heterocycles. The van der Waals surface area contributed by atoms with Crippen LogP contribution >= 0.6 is 0 Å². The highest BCUT2D eigenvalue weighted by Crippen LogP contribution is 2.29. The number of rotatable bonds is 4. The maximum absolute atomic E-state index is 12.4. The van der Waals surface area contributed by atoms with Gasteiger partial charge in [-0.15, -0.1) is 0 Å². The van der Waals surface area contributed by atoms with Gasteiger partial charge in [0, 0.05) is 30.0 Å². The van der Waals surface area contributed by atoms with Crippen LogP contribution < -0.4 is 11.1 Å². The van der Waals surface area contributed by atoms with Crippen LogP contribution in [0.4, 0.5) is 21.0 Å². The Balaban J connectivity index is 1.60. The topological polar surface area (TPSA) is 93.9 Å². The molecule has 0 spiro atoms. The SMILES string of the molecule is CC(C)(C)OC(=O)N1CCC=C(c2ccc(NC(=O)OCc3ccccc3)cc2N)C1. The average Bonchev–Trinajstić information content (AvgIpc) is 2.72. The Labute approximate surface area is 182 Å². The average molecular weight is 424 g/mol. The van der Waals surface area contributed by atoms with Gasteiger partial charge in [-0.05, 0) is 50.5 Å². The van der Waals surface area contributed by atoms with Gasteiger partial charge in [-0.1, -0.05) is 42.5 Å². The van der Waals surface area contributed by atoms with Gasteiger partial charge in [0.05, 0.1) is 0 Å². The summed E-state index contributed by atoms with van der Waals surface area (Å²) in [5, 5.41) is 2.69. The van der Waals surface area contributed by atoms with Crippen molar-refractivity contribution in [2.75, 3.05) is 24.1 Å². The number of carbonyl (C=O) groups excluding carboxylic acids is 2. The summed E-state index contributed by atoms with van der Waals surface area (Å²) in [4.78, 5) is 26.1.